The molecule has 1 aliphatic rings. The van der Waals surface area contributed by atoms with Crippen molar-refractivity contribution in [3.63, 3.8) is 0 Å². The number of aromatic nitrogens is 1. The Morgan fingerprint density at radius 3 is 3.00 bits per heavy atom. The molecule has 1 aromatic rings. The Morgan fingerprint density at radius 1 is 1.44 bits per heavy atom. The summed E-state index contributed by atoms with van der Waals surface area (Å²) in [5.74, 6) is 0.552. The van der Waals surface area contributed by atoms with Crippen LogP contribution in [-0.2, 0) is 6.54 Å². The fraction of sp³-hybridized carbons (Fsp3) is 0.786. The van der Waals surface area contributed by atoms with Crippen molar-refractivity contribution in [3.05, 3.63) is 16.1 Å². The summed E-state index contributed by atoms with van der Waals surface area (Å²) in [4.78, 5) is 7.21. The highest BCUT2D eigenvalue weighted by Gasteiger charge is 2.17. The third-order valence-electron chi connectivity index (χ3n) is 3.64. The molecule has 1 N–H and O–H groups in total. The zero-order valence-electron chi connectivity index (χ0n) is 11.8. The van der Waals surface area contributed by atoms with E-state index in [0.717, 1.165) is 13.1 Å². The van der Waals surface area contributed by atoms with Gasteiger partial charge >= 0.3 is 0 Å². The van der Waals surface area contributed by atoms with E-state index in [1.807, 2.05) is 0 Å². The number of nitrogens with one attached hydrogen (secondary N) is 1. The van der Waals surface area contributed by atoms with Crippen LogP contribution in [0.25, 0.3) is 0 Å². The number of hydrogen-bond acceptors (Lipinski definition) is 4. The molecule has 0 amide bonds. The van der Waals surface area contributed by atoms with Crippen LogP contribution in [-0.4, -0.2) is 36.1 Å². The first-order valence-corrected chi connectivity index (χ1v) is 7.90. The maximum atomic E-state index is 4.73. The molecule has 0 saturated carbocycles. The molecule has 1 aliphatic heterocycles. The summed E-state index contributed by atoms with van der Waals surface area (Å²) in [6.07, 6.45) is 3.87. The first kappa shape index (κ1) is 14.0. The molecule has 1 fully saturated rings. The van der Waals surface area contributed by atoms with Gasteiger partial charge in [0.05, 0.1) is 10.7 Å². The van der Waals surface area contributed by atoms with E-state index in [1.54, 1.807) is 11.3 Å². The lowest BCUT2D eigenvalue weighted by Crippen LogP contribution is -2.32. The van der Waals surface area contributed by atoms with Gasteiger partial charge in [-0.25, -0.2) is 4.98 Å². The van der Waals surface area contributed by atoms with Crippen LogP contribution in [0.4, 0.5) is 0 Å². The molecule has 0 bridgehead atoms. The zero-order chi connectivity index (χ0) is 13.0. The van der Waals surface area contributed by atoms with Gasteiger partial charge < -0.3 is 5.32 Å². The largest absolute Gasteiger partial charge is 0.317 e. The molecule has 0 spiro atoms. The molecule has 4 heteroatoms. The van der Waals surface area contributed by atoms with Crippen LogP contribution in [0.2, 0.25) is 0 Å². The lowest BCUT2D eigenvalue weighted by molar-refractivity contribution is 0.214. The quantitative estimate of drug-likeness (QED) is 0.909. The van der Waals surface area contributed by atoms with E-state index in [0.29, 0.717) is 12.0 Å². The smallest absolute Gasteiger partial charge is 0.0954 e. The van der Waals surface area contributed by atoms with Crippen LogP contribution in [0.15, 0.2) is 5.38 Å². The van der Waals surface area contributed by atoms with Crippen LogP contribution >= 0.6 is 11.3 Å². The first-order chi connectivity index (χ1) is 8.66. The van der Waals surface area contributed by atoms with Gasteiger partial charge in [-0.05, 0) is 39.4 Å². The average molecular weight is 267 g/mol. The first-order valence-electron chi connectivity index (χ1n) is 7.02. The van der Waals surface area contributed by atoms with E-state index in [4.69, 9.17) is 4.98 Å². The third-order valence-corrected chi connectivity index (χ3v) is 4.84. The van der Waals surface area contributed by atoms with Crippen LogP contribution in [0.1, 0.15) is 49.7 Å². The predicted octanol–water partition coefficient (Wildman–Crippen LogP) is 2.84. The monoisotopic (exact) mass is 267 g/mol. The summed E-state index contributed by atoms with van der Waals surface area (Å²) in [5.41, 5.74) is 1.24. The topological polar surface area (TPSA) is 28.2 Å². The van der Waals surface area contributed by atoms with E-state index >= 15 is 0 Å². The molecule has 2 rings (SSSR count). The van der Waals surface area contributed by atoms with Gasteiger partial charge in [0.25, 0.3) is 0 Å². The Kier molecular flexibility index (Phi) is 5.15. The summed E-state index contributed by atoms with van der Waals surface area (Å²) in [6, 6.07) is 0.712. The van der Waals surface area contributed by atoms with Crippen molar-refractivity contribution in [2.45, 2.75) is 51.6 Å². The van der Waals surface area contributed by atoms with Gasteiger partial charge in [-0.2, -0.15) is 0 Å². The minimum absolute atomic E-state index is 0.552. The van der Waals surface area contributed by atoms with Gasteiger partial charge in [0.1, 0.15) is 0 Å². The van der Waals surface area contributed by atoms with E-state index in [1.165, 1.54) is 36.5 Å². The number of nitrogens with zero attached hydrogens (tertiary/aromatic N) is 2. The summed E-state index contributed by atoms with van der Waals surface area (Å²) >= 11 is 1.80. The Hall–Kier alpha value is -0.450. The van der Waals surface area contributed by atoms with E-state index < -0.39 is 0 Å². The fourth-order valence-corrected chi connectivity index (χ4v) is 3.31. The fourth-order valence-electron chi connectivity index (χ4n) is 2.49. The summed E-state index contributed by atoms with van der Waals surface area (Å²) < 4.78 is 0. The van der Waals surface area contributed by atoms with Gasteiger partial charge in [-0.3, -0.25) is 4.90 Å². The molecular weight excluding hydrogens is 242 g/mol. The highest BCUT2D eigenvalue weighted by Crippen LogP contribution is 2.21. The van der Waals surface area contributed by atoms with Crippen molar-refractivity contribution >= 4 is 11.3 Å². The van der Waals surface area contributed by atoms with Crippen molar-refractivity contribution in [3.8, 4) is 0 Å². The minimum atomic E-state index is 0.552. The summed E-state index contributed by atoms with van der Waals surface area (Å²) in [6.45, 7) is 7.75. The average Bonchev–Trinajstić information content (AvgIpc) is 2.64. The van der Waals surface area contributed by atoms with E-state index in [9.17, 15) is 0 Å². The van der Waals surface area contributed by atoms with E-state index in [2.05, 4.69) is 36.5 Å². The molecule has 18 heavy (non-hydrogen) atoms. The summed E-state index contributed by atoms with van der Waals surface area (Å²) in [5, 5.41) is 6.96. The normalized spacial score (nSPS) is 21.5. The molecule has 0 radical (unpaired) electrons. The maximum absolute atomic E-state index is 4.73. The molecule has 1 atom stereocenters. The van der Waals surface area contributed by atoms with Gasteiger partial charge in [0.15, 0.2) is 0 Å². The van der Waals surface area contributed by atoms with Crippen LogP contribution in [0.5, 0.6) is 0 Å². The minimum Gasteiger partial charge on any atom is -0.317 e. The number of rotatable bonds is 4. The standard InChI is InChI=1S/C14H25N3S/c1-11(2)14-16-12(10-18-14)9-17(3)13-5-4-7-15-8-6-13/h10-11,13,15H,4-9H2,1-3H3. The van der Waals surface area contributed by atoms with Gasteiger partial charge in [0.2, 0.25) is 0 Å². The van der Waals surface area contributed by atoms with E-state index in [-0.39, 0.29) is 0 Å². The third kappa shape index (κ3) is 3.77. The zero-order valence-corrected chi connectivity index (χ0v) is 12.6. The Balaban J connectivity index is 1.90. The highest BCUT2D eigenvalue weighted by molar-refractivity contribution is 7.09. The SMILES string of the molecule is CC(C)c1nc(CN(C)C2CCCNCC2)cs1. The summed E-state index contributed by atoms with van der Waals surface area (Å²) in [7, 11) is 2.24. The second kappa shape index (κ2) is 6.64. The van der Waals surface area contributed by atoms with Gasteiger partial charge in [-0.15, -0.1) is 11.3 Å². The van der Waals surface area contributed by atoms with Crippen molar-refractivity contribution in [2.24, 2.45) is 0 Å². The molecule has 1 saturated heterocycles. The van der Waals surface area contributed by atoms with Gasteiger partial charge in [0, 0.05) is 23.9 Å². The van der Waals surface area contributed by atoms with Crippen molar-refractivity contribution < 1.29 is 0 Å². The maximum Gasteiger partial charge on any atom is 0.0954 e. The van der Waals surface area contributed by atoms with Crippen LogP contribution in [0, 0.1) is 0 Å². The molecule has 0 aliphatic carbocycles. The molecule has 102 valence electrons. The second-order valence-electron chi connectivity index (χ2n) is 5.58. The second-order valence-corrected chi connectivity index (χ2v) is 6.47. The Bertz CT molecular complexity index is 354. The molecular formula is C14H25N3S. The molecule has 3 nitrogen and oxygen atoms in total. The Labute approximate surface area is 115 Å². The molecule has 1 aromatic heterocycles. The Morgan fingerprint density at radius 2 is 2.28 bits per heavy atom. The van der Waals surface area contributed by atoms with Crippen molar-refractivity contribution in [1.29, 1.82) is 0 Å². The lowest BCUT2D eigenvalue weighted by Gasteiger charge is -2.25. The lowest BCUT2D eigenvalue weighted by atomic mass is 10.1. The van der Waals surface area contributed by atoms with Crippen LogP contribution < -0.4 is 5.32 Å². The van der Waals surface area contributed by atoms with Crippen molar-refractivity contribution in [2.75, 3.05) is 20.1 Å². The van der Waals surface area contributed by atoms with Gasteiger partial charge in [-0.1, -0.05) is 13.8 Å². The van der Waals surface area contributed by atoms with Crippen LogP contribution in [0.3, 0.4) is 0 Å². The number of hydrogen-bond donors (Lipinski definition) is 1. The van der Waals surface area contributed by atoms with Crippen molar-refractivity contribution in [1.82, 2.24) is 15.2 Å². The molecule has 1 unspecified atom stereocenters. The molecule has 0 aromatic carbocycles. The molecule has 2 heterocycles. The highest BCUT2D eigenvalue weighted by atomic mass is 32.1. The predicted molar refractivity (Wildman–Crippen MR) is 78.2 cm³/mol. The number of thiazole rings is 1.